The summed E-state index contributed by atoms with van der Waals surface area (Å²) in [4.78, 5) is 12.2. The van der Waals surface area contributed by atoms with E-state index in [-0.39, 0.29) is 24.6 Å². The zero-order chi connectivity index (χ0) is 19.3. The van der Waals surface area contributed by atoms with Crippen molar-refractivity contribution in [2.24, 2.45) is 0 Å². The van der Waals surface area contributed by atoms with Crippen LogP contribution in [0.25, 0.3) is 0 Å². The number of benzene rings is 2. The van der Waals surface area contributed by atoms with Crippen LogP contribution in [0.2, 0.25) is 0 Å². The van der Waals surface area contributed by atoms with E-state index < -0.39 is 15.8 Å². The smallest absolute Gasteiger partial charge is 0.232 e. The van der Waals surface area contributed by atoms with E-state index in [2.05, 4.69) is 19.2 Å². The third-order valence-corrected chi connectivity index (χ3v) is 5.10. The number of amides is 1. The number of carbonyl (C=O) groups is 1. The van der Waals surface area contributed by atoms with Crippen LogP contribution in [0.15, 0.2) is 48.5 Å². The van der Waals surface area contributed by atoms with Gasteiger partial charge >= 0.3 is 0 Å². The van der Waals surface area contributed by atoms with E-state index in [1.54, 1.807) is 18.2 Å². The molecule has 2 aromatic rings. The monoisotopic (exact) mass is 378 g/mol. The van der Waals surface area contributed by atoms with Crippen molar-refractivity contribution in [3.05, 3.63) is 59.9 Å². The van der Waals surface area contributed by atoms with Crippen LogP contribution in [-0.4, -0.2) is 27.1 Å². The van der Waals surface area contributed by atoms with E-state index in [9.17, 15) is 17.6 Å². The maximum Gasteiger partial charge on any atom is 0.232 e. The second kappa shape index (κ2) is 8.31. The molecule has 0 bridgehead atoms. The molecule has 0 saturated carbocycles. The van der Waals surface area contributed by atoms with Crippen LogP contribution in [0, 0.1) is 5.82 Å². The van der Waals surface area contributed by atoms with Crippen molar-refractivity contribution in [1.82, 2.24) is 0 Å². The molecule has 0 radical (unpaired) electrons. The van der Waals surface area contributed by atoms with E-state index in [0.717, 1.165) is 16.1 Å². The Bertz CT molecular complexity index is 865. The van der Waals surface area contributed by atoms with Gasteiger partial charge in [-0.3, -0.25) is 9.10 Å². The minimum atomic E-state index is -3.71. The molecule has 1 amide bonds. The number of hydrogen-bond acceptors (Lipinski definition) is 3. The molecule has 7 heteroatoms. The molecule has 0 heterocycles. The van der Waals surface area contributed by atoms with Gasteiger partial charge < -0.3 is 5.32 Å². The van der Waals surface area contributed by atoms with Gasteiger partial charge in [0.1, 0.15) is 5.82 Å². The third-order valence-electron chi connectivity index (χ3n) is 3.92. The molecule has 2 aromatic carbocycles. The lowest BCUT2D eigenvalue weighted by Crippen LogP contribution is -2.33. The van der Waals surface area contributed by atoms with Crippen LogP contribution in [-0.2, 0) is 14.8 Å². The summed E-state index contributed by atoms with van der Waals surface area (Å²) in [6.07, 6.45) is 0.898. The summed E-state index contributed by atoms with van der Waals surface area (Å²) in [5.41, 5.74) is 1.73. The molecule has 0 atom stereocenters. The van der Waals surface area contributed by atoms with Gasteiger partial charge in [-0.1, -0.05) is 38.1 Å². The lowest BCUT2D eigenvalue weighted by Gasteiger charge is -2.22. The molecule has 140 valence electrons. The number of rotatable bonds is 7. The van der Waals surface area contributed by atoms with Gasteiger partial charge in [-0.2, -0.15) is 0 Å². The first-order valence-electron chi connectivity index (χ1n) is 8.30. The van der Waals surface area contributed by atoms with Crippen LogP contribution in [0.5, 0.6) is 0 Å². The summed E-state index contributed by atoms with van der Waals surface area (Å²) in [6.45, 7) is 4.02. The molecule has 0 aliphatic carbocycles. The van der Waals surface area contributed by atoms with Gasteiger partial charge in [-0.15, -0.1) is 0 Å². The topological polar surface area (TPSA) is 66.5 Å². The molecule has 2 rings (SSSR count). The quantitative estimate of drug-likeness (QED) is 0.798. The number of nitrogens with zero attached hydrogens (tertiary/aromatic N) is 1. The van der Waals surface area contributed by atoms with Gasteiger partial charge in [0.15, 0.2) is 0 Å². The Kier molecular flexibility index (Phi) is 6.37. The SMILES string of the molecule is CC(C)c1ccc(NC(=O)CCN(c2ccccc2F)S(C)(=O)=O)cc1. The first-order valence-corrected chi connectivity index (χ1v) is 10.2. The highest BCUT2D eigenvalue weighted by atomic mass is 32.2. The minimum absolute atomic E-state index is 0.0657. The highest BCUT2D eigenvalue weighted by Crippen LogP contribution is 2.22. The molecule has 0 aliphatic heterocycles. The second-order valence-electron chi connectivity index (χ2n) is 6.36. The lowest BCUT2D eigenvalue weighted by molar-refractivity contribution is -0.116. The standard InChI is InChI=1S/C19H23FN2O3S/c1-14(2)15-8-10-16(11-9-15)21-19(23)12-13-22(26(3,24)25)18-7-5-4-6-17(18)20/h4-11,14H,12-13H2,1-3H3,(H,21,23). The molecule has 26 heavy (non-hydrogen) atoms. The summed E-state index contributed by atoms with van der Waals surface area (Å²) >= 11 is 0. The van der Waals surface area contributed by atoms with Crippen molar-refractivity contribution in [2.45, 2.75) is 26.2 Å². The largest absolute Gasteiger partial charge is 0.326 e. The summed E-state index contributed by atoms with van der Waals surface area (Å²) in [6, 6.07) is 13.1. The van der Waals surface area contributed by atoms with E-state index in [0.29, 0.717) is 11.6 Å². The van der Waals surface area contributed by atoms with E-state index in [1.807, 2.05) is 12.1 Å². The van der Waals surface area contributed by atoms with Gasteiger partial charge in [0, 0.05) is 18.7 Å². The highest BCUT2D eigenvalue weighted by molar-refractivity contribution is 7.92. The normalized spacial score (nSPS) is 11.4. The fourth-order valence-corrected chi connectivity index (χ4v) is 3.43. The summed E-state index contributed by atoms with van der Waals surface area (Å²) in [5.74, 6) is -0.598. The lowest BCUT2D eigenvalue weighted by atomic mass is 10.0. The van der Waals surface area contributed by atoms with Gasteiger partial charge in [-0.05, 0) is 35.7 Å². The zero-order valence-electron chi connectivity index (χ0n) is 15.1. The number of nitrogens with one attached hydrogen (secondary N) is 1. The van der Waals surface area contributed by atoms with Crippen molar-refractivity contribution in [2.75, 3.05) is 22.4 Å². The Morgan fingerprint density at radius 1 is 1.12 bits per heavy atom. The third kappa shape index (κ3) is 5.29. The number of halogens is 1. The van der Waals surface area contributed by atoms with Crippen molar-refractivity contribution >= 4 is 27.3 Å². The van der Waals surface area contributed by atoms with Crippen LogP contribution in [0.3, 0.4) is 0 Å². The fraction of sp³-hybridized carbons (Fsp3) is 0.316. The second-order valence-corrected chi connectivity index (χ2v) is 8.27. The first kappa shape index (κ1) is 19.9. The van der Waals surface area contributed by atoms with Crippen molar-refractivity contribution < 1.29 is 17.6 Å². The van der Waals surface area contributed by atoms with E-state index in [1.165, 1.54) is 18.2 Å². The molecule has 0 fully saturated rings. The molecule has 0 spiro atoms. The van der Waals surface area contributed by atoms with Crippen molar-refractivity contribution in [3.63, 3.8) is 0 Å². The molecule has 0 unspecified atom stereocenters. The van der Waals surface area contributed by atoms with E-state index in [4.69, 9.17) is 0 Å². The fourth-order valence-electron chi connectivity index (χ4n) is 2.50. The zero-order valence-corrected chi connectivity index (χ0v) is 15.9. The van der Waals surface area contributed by atoms with Gasteiger partial charge in [0.2, 0.25) is 15.9 Å². The number of anilines is 2. The van der Waals surface area contributed by atoms with Gasteiger partial charge in [-0.25, -0.2) is 12.8 Å². The summed E-state index contributed by atoms with van der Waals surface area (Å²) in [5, 5.41) is 2.73. The molecule has 1 N–H and O–H groups in total. The van der Waals surface area contributed by atoms with Crippen LogP contribution < -0.4 is 9.62 Å². The Balaban J connectivity index is 2.04. The minimum Gasteiger partial charge on any atom is -0.326 e. The van der Waals surface area contributed by atoms with Crippen LogP contribution >= 0.6 is 0 Å². The molecule has 0 aliphatic rings. The average Bonchev–Trinajstić information content (AvgIpc) is 2.56. The first-order chi connectivity index (χ1) is 12.2. The predicted molar refractivity (Wildman–Crippen MR) is 102 cm³/mol. The van der Waals surface area contributed by atoms with Crippen molar-refractivity contribution in [3.8, 4) is 0 Å². The number of hydrogen-bond donors (Lipinski definition) is 1. The van der Waals surface area contributed by atoms with Gasteiger partial charge in [0.25, 0.3) is 0 Å². The maximum absolute atomic E-state index is 13.9. The predicted octanol–water partition coefficient (Wildman–Crippen LogP) is 3.74. The van der Waals surface area contributed by atoms with Crippen molar-refractivity contribution in [1.29, 1.82) is 0 Å². The van der Waals surface area contributed by atoms with Crippen LogP contribution in [0.1, 0.15) is 31.7 Å². The average molecular weight is 378 g/mol. The maximum atomic E-state index is 13.9. The Hall–Kier alpha value is -2.41. The molecular weight excluding hydrogens is 355 g/mol. The molecule has 5 nitrogen and oxygen atoms in total. The highest BCUT2D eigenvalue weighted by Gasteiger charge is 2.21. The Morgan fingerprint density at radius 2 is 1.73 bits per heavy atom. The molecule has 0 saturated heterocycles. The van der Waals surface area contributed by atoms with Crippen LogP contribution in [0.4, 0.5) is 15.8 Å². The Labute approximate surface area is 153 Å². The van der Waals surface area contributed by atoms with E-state index >= 15 is 0 Å². The van der Waals surface area contributed by atoms with Gasteiger partial charge in [0.05, 0.1) is 11.9 Å². The number of para-hydroxylation sites is 1. The summed E-state index contributed by atoms with van der Waals surface area (Å²) in [7, 11) is -3.71. The Morgan fingerprint density at radius 3 is 2.27 bits per heavy atom. The number of carbonyl (C=O) groups excluding carboxylic acids is 1. The molecule has 0 aromatic heterocycles. The summed E-state index contributed by atoms with van der Waals surface area (Å²) < 4.78 is 38.8. The molecular formula is C19H23FN2O3S. The number of sulfonamides is 1.